The predicted octanol–water partition coefficient (Wildman–Crippen LogP) is 1.69. The summed E-state index contributed by atoms with van der Waals surface area (Å²) < 4.78 is 0. The average Bonchev–Trinajstić information content (AvgIpc) is 2.39. The van der Waals surface area contributed by atoms with E-state index in [2.05, 4.69) is 26.8 Å². The highest BCUT2D eigenvalue weighted by atomic mass is 15.3. The van der Waals surface area contributed by atoms with Crippen LogP contribution in [-0.2, 0) is 0 Å². The van der Waals surface area contributed by atoms with Crippen LogP contribution in [0.2, 0.25) is 0 Å². The Morgan fingerprint density at radius 2 is 1.94 bits per heavy atom. The van der Waals surface area contributed by atoms with Gasteiger partial charge in [0.15, 0.2) is 0 Å². The molecule has 0 aliphatic rings. The predicted molar refractivity (Wildman–Crippen MR) is 69.0 cm³/mol. The molecular formula is C12H12N6. The van der Waals surface area contributed by atoms with Crippen molar-refractivity contribution in [3.63, 3.8) is 0 Å². The monoisotopic (exact) mass is 240 g/mol. The molecule has 0 fully saturated rings. The van der Waals surface area contributed by atoms with Crippen molar-refractivity contribution in [3.8, 4) is 6.07 Å². The Kier molecular flexibility index (Phi) is 3.36. The van der Waals surface area contributed by atoms with Crippen molar-refractivity contribution in [1.29, 1.82) is 5.26 Å². The second kappa shape index (κ2) is 5.12. The molecule has 0 saturated heterocycles. The van der Waals surface area contributed by atoms with Crippen molar-refractivity contribution in [2.24, 2.45) is 5.84 Å². The third kappa shape index (κ3) is 2.72. The molecule has 0 atom stereocenters. The van der Waals surface area contributed by atoms with Crippen LogP contribution in [-0.4, -0.2) is 9.97 Å². The Morgan fingerprint density at radius 1 is 1.22 bits per heavy atom. The average molecular weight is 240 g/mol. The highest BCUT2D eigenvalue weighted by Crippen LogP contribution is 2.16. The van der Waals surface area contributed by atoms with E-state index in [-0.39, 0.29) is 0 Å². The van der Waals surface area contributed by atoms with Crippen LogP contribution in [0, 0.1) is 18.3 Å². The fourth-order valence-corrected chi connectivity index (χ4v) is 1.47. The number of aromatic nitrogens is 2. The van der Waals surface area contributed by atoms with Gasteiger partial charge in [-0.1, -0.05) is 0 Å². The topological polar surface area (TPSA) is 99.7 Å². The van der Waals surface area contributed by atoms with E-state index in [1.807, 2.05) is 19.1 Å². The van der Waals surface area contributed by atoms with Crippen molar-refractivity contribution in [2.45, 2.75) is 6.92 Å². The minimum absolute atomic E-state index is 0.353. The summed E-state index contributed by atoms with van der Waals surface area (Å²) in [5.74, 6) is 6.27. The number of hydrazine groups is 1. The van der Waals surface area contributed by atoms with Crippen LogP contribution in [0.5, 0.6) is 0 Å². The number of hydrogen-bond acceptors (Lipinski definition) is 6. The fraction of sp³-hybridized carbons (Fsp3) is 0.0833. The van der Waals surface area contributed by atoms with E-state index in [0.717, 1.165) is 11.4 Å². The van der Waals surface area contributed by atoms with Crippen molar-refractivity contribution >= 4 is 17.5 Å². The molecule has 1 aromatic carbocycles. The first-order chi connectivity index (χ1) is 8.71. The Labute approximate surface area is 104 Å². The number of hydrogen-bond donors (Lipinski definition) is 3. The lowest BCUT2D eigenvalue weighted by Gasteiger charge is -2.08. The summed E-state index contributed by atoms with van der Waals surface area (Å²) in [5.41, 5.74) is 4.66. The molecule has 0 bridgehead atoms. The molecule has 1 heterocycles. The Bertz CT molecular complexity index is 585. The van der Waals surface area contributed by atoms with Gasteiger partial charge < -0.3 is 5.32 Å². The molecule has 6 heteroatoms. The first kappa shape index (κ1) is 11.8. The van der Waals surface area contributed by atoms with Crippen LogP contribution >= 0.6 is 0 Å². The number of nitrogens with one attached hydrogen (secondary N) is 2. The smallest absolute Gasteiger partial charge is 0.239 e. The van der Waals surface area contributed by atoms with Gasteiger partial charge in [-0.15, -0.1) is 0 Å². The summed E-state index contributed by atoms with van der Waals surface area (Å²) in [7, 11) is 0. The van der Waals surface area contributed by atoms with Crippen molar-refractivity contribution in [3.05, 3.63) is 41.6 Å². The Morgan fingerprint density at radius 3 is 2.56 bits per heavy atom. The summed E-state index contributed by atoms with van der Waals surface area (Å²) in [6.45, 7) is 1.85. The van der Waals surface area contributed by atoms with Crippen LogP contribution < -0.4 is 16.6 Å². The molecule has 0 amide bonds. The zero-order valence-electron chi connectivity index (χ0n) is 9.81. The lowest BCUT2D eigenvalue weighted by molar-refractivity contribution is 1.07. The first-order valence-electron chi connectivity index (χ1n) is 5.31. The molecule has 0 saturated carbocycles. The number of nitrogen functional groups attached to an aromatic ring is 1. The molecular weight excluding hydrogens is 228 g/mol. The second-order valence-corrected chi connectivity index (χ2v) is 3.68. The number of aryl methyl sites for hydroxylation is 1. The van der Waals surface area contributed by atoms with Crippen LogP contribution in [0.1, 0.15) is 11.3 Å². The van der Waals surface area contributed by atoms with Gasteiger partial charge in [0.05, 0.1) is 11.6 Å². The fourth-order valence-electron chi connectivity index (χ4n) is 1.47. The van der Waals surface area contributed by atoms with E-state index in [1.165, 1.54) is 0 Å². The molecule has 0 unspecified atom stereocenters. The van der Waals surface area contributed by atoms with E-state index in [0.29, 0.717) is 17.3 Å². The van der Waals surface area contributed by atoms with Gasteiger partial charge >= 0.3 is 0 Å². The second-order valence-electron chi connectivity index (χ2n) is 3.68. The van der Waals surface area contributed by atoms with Crippen LogP contribution in [0.4, 0.5) is 17.5 Å². The number of nitrogens with two attached hydrogens (primary N) is 1. The van der Waals surface area contributed by atoms with Gasteiger partial charge in [-0.2, -0.15) is 10.2 Å². The quantitative estimate of drug-likeness (QED) is 0.557. The maximum absolute atomic E-state index is 8.71. The summed E-state index contributed by atoms with van der Waals surface area (Å²) in [4.78, 5) is 8.26. The normalized spacial score (nSPS) is 9.61. The van der Waals surface area contributed by atoms with Gasteiger partial charge in [0.1, 0.15) is 5.82 Å². The molecule has 2 aromatic rings. The molecule has 0 aliphatic carbocycles. The molecule has 90 valence electrons. The van der Waals surface area contributed by atoms with Crippen LogP contribution in [0.15, 0.2) is 30.3 Å². The van der Waals surface area contributed by atoms with E-state index >= 15 is 0 Å². The van der Waals surface area contributed by atoms with Gasteiger partial charge in [0.25, 0.3) is 0 Å². The van der Waals surface area contributed by atoms with E-state index in [4.69, 9.17) is 11.1 Å². The van der Waals surface area contributed by atoms with Gasteiger partial charge in [-0.05, 0) is 31.2 Å². The van der Waals surface area contributed by atoms with E-state index < -0.39 is 0 Å². The van der Waals surface area contributed by atoms with E-state index in [9.17, 15) is 0 Å². The number of benzene rings is 1. The summed E-state index contributed by atoms with van der Waals surface area (Å²) in [6, 6.07) is 11.0. The Hall–Kier alpha value is -2.65. The van der Waals surface area contributed by atoms with Crippen molar-refractivity contribution in [2.75, 3.05) is 10.7 Å². The van der Waals surface area contributed by atoms with Crippen LogP contribution in [0.25, 0.3) is 0 Å². The minimum Gasteiger partial charge on any atom is -0.340 e. The zero-order chi connectivity index (χ0) is 13.0. The number of rotatable bonds is 3. The number of anilines is 3. The maximum atomic E-state index is 8.71. The van der Waals surface area contributed by atoms with Gasteiger partial charge in [0, 0.05) is 17.4 Å². The SMILES string of the molecule is Cc1cc(Nc2ccc(C#N)cc2)nc(NN)n1. The highest BCUT2D eigenvalue weighted by Gasteiger charge is 2.01. The van der Waals surface area contributed by atoms with Gasteiger partial charge in [-0.3, -0.25) is 5.43 Å². The third-order valence-electron chi connectivity index (χ3n) is 2.27. The molecule has 0 aliphatic heterocycles. The number of nitriles is 1. The molecule has 4 N–H and O–H groups in total. The first-order valence-corrected chi connectivity index (χ1v) is 5.31. The van der Waals surface area contributed by atoms with Crippen molar-refractivity contribution in [1.82, 2.24) is 9.97 Å². The lowest BCUT2D eigenvalue weighted by Crippen LogP contribution is -2.11. The molecule has 18 heavy (non-hydrogen) atoms. The summed E-state index contributed by atoms with van der Waals surface area (Å²) >= 11 is 0. The maximum Gasteiger partial charge on any atom is 0.239 e. The lowest BCUT2D eigenvalue weighted by atomic mass is 10.2. The zero-order valence-corrected chi connectivity index (χ0v) is 9.81. The highest BCUT2D eigenvalue weighted by molar-refractivity contribution is 5.58. The summed E-state index contributed by atoms with van der Waals surface area (Å²) in [6.07, 6.45) is 0. The van der Waals surface area contributed by atoms with Gasteiger partial charge in [-0.25, -0.2) is 10.8 Å². The summed E-state index contributed by atoms with van der Waals surface area (Å²) in [5, 5.41) is 11.8. The third-order valence-corrected chi connectivity index (χ3v) is 2.27. The largest absolute Gasteiger partial charge is 0.340 e. The molecule has 0 radical (unpaired) electrons. The Balaban J connectivity index is 2.22. The molecule has 6 nitrogen and oxygen atoms in total. The number of nitrogens with zero attached hydrogens (tertiary/aromatic N) is 3. The van der Waals surface area contributed by atoms with E-state index in [1.54, 1.807) is 18.2 Å². The van der Waals surface area contributed by atoms with Gasteiger partial charge in [0.2, 0.25) is 5.95 Å². The minimum atomic E-state index is 0.353. The molecule has 2 rings (SSSR count). The molecule has 0 spiro atoms. The standard InChI is InChI=1S/C12H12N6/c1-8-6-11(17-12(15-8)18-14)16-10-4-2-9(7-13)3-5-10/h2-6H,14H2,1H3,(H2,15,16,17,18). The van der Waals surface area contributed by atoms with Crippen LogP contribution in [0.3, 0.4) is 0 Å². The molecule has 1 aromatic heterocycles. The van der Waals surface area contributed by atoms with Crippen molar-refractivity contribution < 1.29 is 0 Å².